The number of rotatable bonds is 3. The van der Waals surface area contributed by atoms with Crippen LogP contribution < -0.4 is 10.6 Å². The number of pyridine rings is 1. The van der Waals surface area contributed by atoms with Crippen LogP contribution in [0.15, 0.2) is 53.5 Å². The van der Waals surface area contributed by atoms with Gasteiger partial charge in [-0.25, -0.2) is 4.79 Å². The molecule has 0 saturated carbocycles. The van der Waals surface area contributed by atoms with Crippen molar-refractivity contribution in [1.82, 2.24) is 19.1 Å². The Morgan fingerprint density at radius 1 is 1.00 bits per heavy atom. The first-order chi connectivity index (χ1) is 11.7. The molecule has 0 bridgehead atoms. The molecule has 3 aromatic rings. The number of para-hydroxylation sites is 1. The second kappa shape index (κ2) is 6.13. The molecule has 3 heterocycles. The van der Waals surface area contributed by atoms with E-state index in [1.165, 1.54) is 11.3 Å². The van der Waals surface area contributed by atoms with Crippen LogP contribution in [-0.4, -0.2) is 45.3 Å². The SMILES string of the molecule is Cc1ccccc1N1CCN(Cn2nc3ccccn3c2=O)CC1. The zero-order chi connectivity index (χ0) is 16.5. The van der Waals surface area contributed by atoms with Crippen LogP contribution in [0.2, 0.25) is 0 Å². The van der Waals surface area contributed by atoms with Crippen LogP contribution in [0, 0.1) is 6.92 Å². The maximum Gasteiger partial charge on any atom is 0.351 e. The second-order valence-electron chi connectivity index (χ2n) is 6.24. The highest BCUT2D eigenvalue weighted by Crippen LogP contribution is 2.20. The van der Waals surface area contributed by atoms with Crippen LogP contribution in [0.3, 0.4) is 0 Å². The lowest BCUT2D eigenvalue weighted by Crippen LogP contribution is -2.48. The van der Waals surface area contributed by atoms with Crippen molar-refractivity contribution in [3.05, 3.63) is 64.7 Å². The molecule has 0 radical (unpaired) electrons. The first-order valence-corrected chi connectivity index (χ1v) is 8.29. The summed E-state index contributed by atoms with van der Waals surface area (Å²) in [5.41, 5.74) is 3.23. The summed E-state index contributed by atoms with van der Waals surface area (Å²) in [5.74, 6) is 0. The maximum absolute atomic E-state index is 12.4. The average molecular weight is 323 g/mol. The number of hydrogen-bond acceptors (Lipinski definition) is 4. The summed E-state index contributed by atoms with van der Waals surface area (Å²) in [6, 6.07) is 14.1. The molecule has 124 valence electrons. The Hall–Kier alpha value is -2.60. The Balaban J connectivity index is 1.45. The number of nitrogens with zero attached hydrogens (tertiary/aromatic N) is 5. The van der Waals surface area contributed by atoms with Crippen LogP contribution in [0.5, 0.6) is 0 Å². The summed E-state index contributed by atoms with van der Waals surface area (Å²) >= 11 is 0. The highest BCUT2D eigenvalue weighted by molar-refractivity contribution is 5.53. The molecule has 0 aliphatic carbocycles. The van der Waals surface area contributed by atoms with Crippen LogP contribution in [0.1, 0.15) is 5.56 Å². The minimum Gasteiger partial charge on any atom is -0.369 e. The minimum absolute atomic E-state index is 0.0769. The number of hydrogen-bond donors (Lipinski definition) is 0. The van der Waals surface area contributed by atoms with Crippen molar-refractivity contribution in [2.75, 3.05) is 31.1 Å². The Bertz CT molecular complexity index is 905. The van der Waals surface area contributed by atoms with Crippen molar-refractivity contribution in [1.29, 1.82) is 0 Å². The van der Waals surface area contributed by atoms with E-state index in [2.05, 4.69) is 46.1 Å². The first-order valence-electron chi connectivity index (χ1n) is 8.29. The van der Waals surface area contributed by atoms with Crippen LogP contribution in [-0.2, 0) is 6.67 Å². The van der Waals surface area contributed by atoms with Gasteiger partial charge in [0.25, 0.3) is 0 Å². The number of benzene rings is 1. The zero-order valence-electron chi connectivity index (χ0n) is 13.8. The van der Waals surface area contributed by atoms with E-state index in [1.54, 1.807) is 15.3 Å². The standard InChI is InChI=1S/C18H21N5O/c1-15-6-2-3-7-16(15)21-12-10-20(11-13-21)14-23-18(24)22-9-5-4-8-17(22)19-23/h2-9H,10-14H2,1H3. The molecule has 0 N–H and O–H groups in total. The molecule has 1 saturated heterocycles. The van der Waals surface area contributed by atoms with Gasteiger partial charge in [0, 0.05) is 38.1 Å². The minimum atomic E-state index is -0.0769. The molecule has 0 unspecified atom stereocenters. The molecule has 4 rings (SSSR count). The van der Waals surface area contributed by atoms with E-state index in [4.69, 9.17) is 0 Å². The van der Waals surface area contributed by atoms with Crippen molar-refractivity contribution in [2.24, 2.45) is 0 Å². The molecule has 6 nitrogen and oxygen atoms in total. The summed E-state index contributed by atoms with van der Waals surface area (Å²) in [6.45, 7) is 6.48. The Labute approximate surface area is 140 Å². The number of anilines is 1. The molecule has 1 aromatic carbocycles. The fourth-order valence-electron chi connectivity index (χ4n) is 3.30. The molecule has 6 heteroatoms. The second-order valence-corrected chi connectivity index (χ2v) is 6.24. The highest BCUT2D eigenvalue weighted by Gasteiger charge is 2.19. The Kier molecular flexibility index (Phi) is 3.82. The van der Waals surface area contributed by atoms with Gasteiger partial charge in [0.2, 0.25) is 0 Å². The van der Waals surface area contributed by atoms with E-state index in [1.807, 2.05) is 18.2 Å². The highest BCUT2D eigenvalue weighted by atomic mass is 16.2. The van der Waals surface area contributed by atoms with Gasteiger partial charge in [-0.15, -0.1) is 5.10 Å². The third-order valence-corrected chi connectivity index (χ3v) is 4.65. The number of fused-ring (bicyclic) bond motifs is 1. The lowest BCUT2D eigenvalue weighted by Gasteiger charge is -2.36. The Morgan fingerprint density at radius 3 is 2.50 bits per heavy atom. The van der Waals surface area contributed by atoms with Crippen molar-refractivity contribution < 1.29 is 0 Å². The van der Waals surface area contributed by atoms with Gasteiger partial charge in [0.1, 0.15) is 0 Å². The molecular weight excluding hydrogens is 302 g/mol. The smallest absolute Gasteiger partial charge is 0.351 e. The van der Waals surface area contributed by atoms with E-state index in [0.717, 1.165) is 26.2 Å². The monoisotopic (exact) mass is 323 g/mol. The topological polar surface area (TPSA) is 45.8 Å². The molecule has 0 amide bonds. The van der Waals surface area contributed by atoms with Gasteiger partial charge < -0.3 is 4.90 Å². The van der Waals surface area contributed by atoms with E-state index in [9.17, 15) is 4.79 Å². The molecule has 24 heavy (non-hydrogen) atoms. The number of aryl methyl sites for hydroxylation is 1. The van der Waals surface area contributed by atoms with Crippen molar-refractivity contribution in [3.63, 3.8) is 0 Å². The molecule has 1 aliphatic rings. The molecule has 0 spiro atoms. The van der Waals surface area contributed by atoms with Crippen molar-refractivity contribution in [2.45, 2.75) is 13.6 Å². The summed E-state index contributed by atoms with van der Waals surface area (Å²) in [4.78, 5) is 17.1. The lowest BCUT2D eigenvalue weighted by atomic mass is 10.1. The van der Waals surface area contributed by atoms with Gasteiger partial charge in [-0.3, -0.25) is 9.30 Å². The predicted molar refractivity (Wildman–Crippen MR) is 94.4 cm³/mol. The molecular formula is C18H21N5O. The summed E-state index contributed by atoms with van der Waals surface area (Å²) < 4.78 is 3.14. The van der Waals surface area contributed by atoms with Gasteiger partial charge in [-0.1, -0.05) is 24.3 Å². The Morgan fingerprint density at radius 2 is 1.75 bits per heavy atom. The molecule has 2 aromatic heterocycles. The van der Waals surface area contributed by atoms with E-state index in [0.29, 0.717) is 12.3 Å². The van der Waals surface area contributed by atoms with Gasteiger partial charge >= 0.3 is 5.69 Å². The van der Waals surface area contributed by atoms with Gasteiger partial charge in [0.05, 0.1) is 6.67 Å². The molecule has 0 atom stereocenters. The summed E-state index contributed by atoms with van der Waals surface area (Å²) in [7, 11) is 0. The van der Waals surface area contributed by atoms with Crippen LogP contribution >= 0.6 is 0 Å². The summed E-state index contributed by atoms with van der Waals surface area (Å²) in [5, 5.41) is 4.41. The fourth-order valence-corrected chi connectivity index (χ4v) is 3.30. The largest absolute Gasteiger partial charge is 0.369 e. The third-order valence-electron chi connectivity index (χ3n) is 4.65. The lowest BCUT2D eigenvalue weighted by molar-refractivity contribution is 0.193. The predicted octanol–water partition coefficient (Wildman–Crippen LogP) is 1.58. The van der Waals surface area contributed by atoms with E-state index >= 15 is 0 Å². The van der Waals surface area contributed by atoms with Crippen molar-refractivity contribution in [3.8, 4) is 0 Å². The first kappa shape index (κ1) is 15.0. The maximum atomic E-state index is 12.4. The summed E-state index contributed by atoms with van der Waals surface area (Å²) in [6.07, 6.45) is 1.76. The molecule has 1 aliphatic heterocycles. The van der Waals surface area contributed by atoms with E-state index in [-0.39, 0.29) is 5.69 Å². The van der Waals surface area contributed by atoms with Crippen LogP contribution in [0.4, 0.5) is 5.69 Å². The van der Waals surface area contributed by atoms with Gasteiger partial charge in [-0.05, 0) is 30.7 Å². The normalized spacial score (nSPS) is 16.0. The quantitative estimate of drug-likeness (QED) is 0.734. The van der Waals surface area contributed by atoms with Gasteiger partial charge in [-0.2, -0.15) is 4.68 Å². The number of aromatic nitrogens is 3. The fraction of sp³-hybridized carbons (Fsp3) is 0.333. The third kappa shape index (κ3) is 2.69. The van der Waals surface area contributed by atoms with Gasteiger partial charge in [0.15, 0.2) is 5.65 Å². The zero-order valence-corrected chi connectivity index (χ0v) is 13.8. The average Bonchev–Trinajstić information content (AvgIpc) is 2.93. The van der Waals surface area contributed by atoms with Crippen molar-refractivity contribution >= 4 is 11.3 Å². The number of piperazine rings is 1. The van der Waals surface area contributed by atoms with Crippen LogP contribution in [0.25, 0.3) is 5.65 Å². The van der Waals surface area contributed by atoms with E-state index < -0.39 is 0 Å². The molecule has 1 fully saturated rings.